The number of carboxylic acid groups (broad SMARTS) is 1. The second kappa shape index (κ2) is 9.13. The molecular weight excluding hydrogens is 437 g/mol. The number of nitrogens with one attached hydrogen (secondary N) is 1. The summed E-state index contributed by atoms with van der Waals surface area (Å²) >= 11 is 0. The zero-order valence-corrected chi connectivity index (χ0v) is 18.6. The Bertz CT molecular complexity index is 1110. The van der Waals surface area contributed by atoms with Gasteiger partial charge in [0.05, 0.1) is 16.8 Å². The van der Waals surface area contributed by atoms with Crippen LogP contribution in [0.25, 0.3) is 11.5 Å². The van der Waals surface area contributed by atoms with E-state index in [1.807, 2.05) is 20.8 Å². The van der Waals surface area contributed by atoms with Crippen molar-refractivity contribution in [1.29, 1.82) is 0 Å². The average molecular weight is 462 g/mol. The first kappa shape index (κ1) is 24.1. The summed E-state index contributed by atoms with van der Waals surface area (Å²) in [7, 11) is 0. The van der Waals surface area contributed by atoms with Gasteiger partial charge in [-0.1, -0.05) is 32.9 Å². The zero-order valence-electron chi connectivity index (χ0n) is 18.6. The van der Waals surface area contributed by atoms with Crippen LogP contribution in [0.2, 0.25) is 0 Å². The number of benzene rings is 2. The second-order valence-corrected chi connectivity index (χ2v) is 8.84. The van der Waals surface area contributed by atoms with Crippen molar-refractivity contribution in [2.24, 2.45) is 5.41 Å². The molecule has 1 heterocycles. The van der Waals surface area contributed by atoms with E-state index in [1.165, 1.54) is 17.0 Å². The van der Waals surface area contributed by atoms with E-state index in [4.69, 9.17) is 4.42 Å². The second-order valence-electron chi connectivity index (χ2n) is 8.84. The van der Waals surface area contributed by atoms with Gasteiger partial charge in [-0.2, -0.15) is 13.2 Å². The molecule has 1 amide bonds. The van der Waals surface area contributed by atoms with E-state index in [0.29, 0.717) is 16.9 Å². The molecule has 0 fully saturated rings. The van der Waals surface area contributed by atoms with Crippen molar-refractivity contribution >= 4 is 17.5 Å². The van der Waals surface area contributed by atoms with E-state index < -0.39 is 23.9 Å². The first-order chi connectivity index (χ1) is 15.3. The van der Waals surface area contributed by atoms with E-state index in [-0.39, 0.29) is 23.7 Å². The lowest BCUT2D eigenvalue weighted by Gasteiger charge is -2.30. The summed E-state index contributed by atoms with van der Waals surface area (Å²) in [6.45, 7) is 7.73. The number of para-hydroxylation sites is 1. The Kier molecular flexibility index (Phi) is 6.66. The number of hydrogen-bond acceptors (Lipinski definition) is 5. The molecule has 10 heteroatoms. The van der Waals surface area contributed by atoms with Crippen LogP contribution in [0.4, 0.5) is 29.3 Å². The third kappa shape index (κ3) is 6.03. The number of rotatable bonds is 6. The molecule has 0 bridgehead atoms. The van der Waals surface area contributed by atoms with Crippen LogP contribution < -0.4 is 5.32 Å². The number of anilines is 2. The molecule has 176 valence electrons. The number of halogens is 3. The van der Waals surface area contributed by atoms with Crippen molar-refractivity contribution < 1.29 is 27.5 Å². The van der Waals surface area contributed by atoms with Crippen molar-refractivity contribution in [2.75, 3.05) is 11.9 Å². The quantitative estimate of drug-likeness (QED) is 0.430. The number of hydrogen-bond donors (Lipinski definition) is 2. The lowest BCUT2D eigenvalue weighted by molar-refractivity contribution is -0.137. The molecular formula is C23H25F3N4O3. The molecule has 0 aliphatic carbocycles. The Morgan fingerprint density at radius 1 is 1.09 bits per heavy atom. The number of alkyl halides is 3. The van der Waals surface area contributed by atoms with Gasteiger partial charge in [-0.15, -0.1) is 10.2 Å². The molecule has 0 radical (unpaired) electrons. The van der Waals surface area contributed by atoms with Crippen LogP contribution >= 0.6 is 0 Å². The molecule has 0 saturated heterocycles. The van der Waals surface area contributed by atoms with E-state index in [0.717, 1.165) is 12.1 Å². The Labute approximate surface area is 189 Å². The summed E-state index contributed by atoms with van der Waals surface area (Å²) < 4.78 is 44.2. The molecule has 3 rings (SSSR count). The van der Waals surface area contributed by atoms with Gasteiger partial charge in [0.2, 0.25) is 11.8 Å². The van der Waals surface area contributed by atoms with Gasteiger partial charge in [-0.25, -0.2) is 4.79 Å². The SMILES string of the molecule is CC(c1nnc(-c2ccccc2Nc2ccc(C(F)(F)F)cc2)o1)N(CC(C)(C)C)C(=O)O. The van der Waals surface area contributed by atoms with Crippen LogP contribution in [0.15, 0.2) is 52.9 Å². The fourth-order valence-electron chi connectivity index (χ4n) is 3.20. The summed E-state index contributed by atoms with van der Waals surface area (Å²) in [5, 5.41) is 20.8. The summed E-state index contributed by atoms with van der Waals surface area (Å²) in [5.74, 6) is 0.300. The van der Waals surface area contributed by atoms with E-state index in [1.54, 1.807) is 31.2 Å². The molecule has 7 nitrogen and oxygen atoms in total. The molecule has 33 heavy (non-hydrogen) atoms. The average Bonchev–Trinajstić information content (AvgIpc) is 3.21. The number of aromatic nitrogens is 2. The minimum Gasteiger partial charge on any atom is -0.465 e. The van der Waals surface area contributed by atoms with Gasteiger partial charge in [0.25, 0.3) is 0 Å². The Morgan fingerprint density at radius 3 is 2.30 bits per heavy atom. The van der Waals surface area contributed by atoms with E-state index >= 15 is 0 Å². The van der Waals surface area contributed by atoms with E-state index in [2.05, 4.69) is 15.5 Å². The molecule has 0 spiro atoms. The lowest BCUT2D eigenvalue weighted by Crippen LogP contribution is -2.38. The topological polar surface area (TPSA) is 91.5 Å². The third-order valence-corrected chi connectivity index (χ3v) is 4.80. The highest BCUT2D eigenvalue weighted by atomic mass is 19.4. The fraction of sp³-hybridized carbons (Fsp3) is 0.348. The van der Waals surface area contributed by atoms with Crippen molar-refractivity contribution in [3.8, 4) is 11.5 Å². The standard InChI is InChI=1S/C23H25F3N4O3/c1-14(30(21(31)32)13-22(2,3)4)19-28-29-20(33-19)17-7-5-6-8-18(17)27-16-11-9-15(10-12-16)23(24,25)26/h5-12,14,27H,13H2,1-4H3,(H,31,32). The maximum absolute atomic E-state index is 12.8. The summed E-state index contributed by atoms with van der Waals surface area (Å²) in [6.07, 6.45) is -5.51. The smallest absolute Gasteiger partial charge is 0.416 e. The Balaban J connectivity index is 1.85. The fourth-order valence-corrected chi connectivity index (χ4v) is 3.20. The van der Waals surface area contributed by atoms with Gasteiger partial charge >= 0.3 is 12.3 Å². The first-order valence-corrected chi connectivity index (χ1v) is 10.2. The molecule has 3 aromatic rings. The number of carbonyl (C=O) groups is 1. The normalized spacial score (nSPS) is 12.9. The lowest BCUT2D eigenvalue weighted by atomic mass is 9.95. The van der Waals surface area contributed by atoms with Gasteiger partial charge in [0, 0.05) is 12.2 Å². The van der Waals surface area contributed by atoms with Crippen molar-refractivity contribution in [3.05, 3.63) is 60.0 Å². The van der Waals surface area contributed by atoms with Crippen LogP contribution in [0.5, 0.6) is 0 Å². The first-order valence-electron chi connectivity index (χ1n) is 10.2. The van der Waals surface area contributed by atoms with E-state index in [9.17, 15) is 23.1 Å². The highest BCUT2D eigenvalue weighted by molar-refractivity contribution is 5.76. The molecule has 0 saturated carbocycles. The Hall–Kier alpha value is -3.56. The largest absolute Gasteiger partial charge is 0.465 e. The van der Waals surface area contributed by atoms with Gasteiger partial charge < -0.3 is 14.8 Å². The molecule has 1 atom stereocenters. The maximum Gasteiger partial charge on any atom is 0.416 e. The Morgan fingerprint density at radius 2 is 1.73 bits per heavy atom. The van der Waals surface area contributed by atoms with Crippen LogP contribution in [0.1, 0.15) is 45.2 Å². The van der Waals surface area contributed by atoms with Crippen LogP contribution in [-0.2, 0) is 6.18 Å². The summed E-state index contributed by atoms with van der Waals surface area (Å²) in [5.41, 5.74) is 0.514. The minimum atomic E-state index is -4.41. The van der Waals surface area contributed by atoms with Crippen LogP contribution in [0.3, 0.4) is 0 Å². The van der Waals surface area contributed by atoms with Gasteiger partial charge in [-0.3, -0.25) is 4.90 Å². The zero-order chi connectivity index (χ0) is 24.4. The molecule has 1 unspecified atom stereocenters. The van der Waals surface area contributed by atoms with Crippen molar-refractivity contribution in [3.63, 3.8) is 0 Å². The van der Waals surface area contributed by atoms with Gasteiger partial charge in [-0.05, 0) is 48.7 Å². The summed E-state index contributed by atoms with van der Waals surface area (Å²) in [4.78, 5) is 13.0. The molecule has 0 aliphatic heterocycles. The molecule has 0 aliphatic rings. The highest BCUT2D eigenvalue weighted by Crippen LogP contribution is 2.34. The number of amides is 1. The van der Waals surface area contributed by atoms with Crippen LogP contribution in [-0.4, -0.2) is 32.8 Å². The number of nitrogens with zero attached hydrogens (tertiary/aromatic N) is 3. The van der Waals surface area contributed by atoms with Gasteiger partial charge in [0.15, 0.2) is 0 Å². The molecule has 1 aromatic heterocycles. The van der Waals surface area contributed by atoms with Crippen molar-refractivity contribution in [2.45, 2.75) is 39.9 Å². The maximum atomic E-state index is 12.8. The van der Waals surface area contributed by atoms with Crippen LogP contribution in [0, 0.1) is 5.41 Å². The predicted octanol–water partition coefficient (Wildman–Crippen LogP) is 6.59. The highest BCUT2D eigenvalue weighted by Gasteiger charge is 2.31. The summed E-state index contributed by atoms with van der Waals surface area (Å²) in [6, 6.07) is 10.9. The molecule has 2 aromatic carbocycles. The van der Waals surface area contributed by atoms with Gasteiger partial charge in [0.1, 0.15) is 6.04 Å². The third-order valence-electron chi connectivity index (χ3n) is 4.80. The predicted molar refractivity (Wildman–Crippen MR) is 117 cm³/mol. The minimum absolute atomic E-state index is 0.140. The molecule has 2 N–H and O–H groups in total. The monoisotopic (exact) mass is 462 g/mol. The van der Waals surface area contributed by atoms with Crippen molar-refractivity contribution in [1.82, 2.24) is 15.1 Å².